The van der Waals surface area contributed by atoms with Crippen LogP contribution in [-0.2, 0) is 11.3 Å². The van der Waals surface area contributed by atoms with E-state index in [-0.39, 0.29) is 11.8 Å². The summed E-state index contributed by atoms with van der Waals surface area (Å²) in [7, 11) is 3.74. The van der Waals surface area contributed by atoms with E-state index in [9.17, 15) is 9.59 Å². The number of benzene rings is 1. The van der Waals surface area contributed by atoms with Crippen LogP contribution < -0.4 is 10.2 Å². The molecule has 152 valence electrons. The molecule has 1 aromatic heterocycles. The Kier molecular flexibility index (Phi) is 6.94. The Morgan fingerprint density at radius 1 is 1.07 bits per heavy atom. The minimum Gasteiger partial charge on any atom is -0.348 e. The van der Waals surface area contributed by atoms with Gasteiger partial charge < -0.3 is 15.1 Å². The van der Waals surface area contributed by atoms with Crippen molar-refractivity contribution in [2.24, 2.45) is 0 Å². The zero-order valence-corrected chi connectivity index (χ0v) is 17.0. The van der Waals surface area contributed by atoms with E-state index in [0.29, 0.717) is 18.1 Å². The maximum absolute atomic E-state index is 12.5. The first-order valence-corrected chi connectivity index (χ1v) is 9.86. The number of hydrogen-bond acceptors (Lipinski definition) is 5. The Bertz CT molecular complexity index is 854. The maximum atomic E-state index is 12.5. The molecule has 1 aromatic carbocycles. The molecule has 1 aliphatic heterocycles. The lowest BCUT2D eigenvalue weighted by atomic mass is 10.1. The number of nitrogens with one attached hydrogen (secondary N) is 1. The smallest absolute Gasteiger partial charge is 0.253 e. The van der Waals surface area contributed by atoms with Crippen LogP contribution in [0.4, 0.5) is 5.95 Å². The molecule has 0 aliphatic carbocycles. The van der Waals surface area contributed by atoms with Crippen molar-refractivity contribution < 1.29 is 9.59 Å². The van der Waals surface area contributed by atoms with Crippen molar-refractivity contribution in [3.63, 3.8) is 0 Å². The van der Waals surface area contributed by atoms with Crippen molar-refractivity contribution in [1.82, 2.24) is 20.2 Å². The molecule has 3 rings (SSSR count). The molecule has 0 radical (unpaired) electrons. The van der Waals surface area contributed by atoms with Crippen LogP contribution in [-0.4, -0.2) is 53.9 Å². The fraction of sp³-hybridized carbons (Fsp3) is 0.364. The average Bonchev–Trinajstić information content (AvgIpc) is 2.77. The lowest BCUT2D eigenvalue weighted by molar-refractivity contribution is -0.116. The van der Waals surface area contributed by atoms with Crippen LogP contribution in [0.2, 0.25) is 0 Å². The number of nitrogens with zero attached hydrogens (tertiary/aromatic N) is 4. The van der Waals surface area contributed by atoms with Gasteiger partial charge in [0.25, 0.3) is 5.91 Å². The van der Waals surface area contributed by atoms with Crippen molar-refractivity contribution in [3.05, 3.63) is 59.4 Å². The summed E-state index contributed by atoms with van der Waals surface area (Å²) in [5.41, 5.74) is 2.40. The van der Waals surface area contributed by atoms with Crippen molar-refractivity contribution in [1.29, 1.82) is 0 Å². The summed E-state index contributed by atoms with van der Waals surface area (Å²) in [5, 5.41) is 2.84. The second-order valence-corrected chi connectivity index (χ2v) is 7.31. The number of piperidine rings is 1. The van der Waals surface area contributed by atoms with Gasteiger partial charge >= 0.3 is 0 Å². The maximum Gasteiger partial charge on any atom is 0.253 e. The Balaban J connectivity index is 1.49. The molecule has 7 heteroatoms. The van der Waals surface area contributed by atoms with Gasteiger partial charge in [0, 0.05) is 63.3 Å². The lowest BCUT2D eigenvalue weighted by Gasteiger charge is -2.26. The number of anilines is 1. The van der Waals surface area contributed by atoms with Crippen LogP contribution in [0.3, 0.4) is 0 Å². The van der Waals surface area contributed by atoms with Crippen LogP contribution in [0, 0.1) is 0 Å². The molecule has 0 saturated carbocycles. The van der Waals surface area contributed by atoms with Crippen LogP contribution >= 0.6 is 0 Å². The van der Waals surface area contributed by atoms with Gasteiger partial charge in [-0.1, -0.05) is 12.1 Å². The summed E-state index contributed by atoms with van der Waals surface area (Å²) in [6, 6.07) is 7.43. The van der Waals surface area contributed by atoms with Crippen molar-refractivity contribution in [2.75, 3.05) is 32.1 Å². The third-order valence-electron chi connectivity index (χ3n) is 4.80. The first-order chi connectivity index (χ1) is 14.0. The zero-order chi connectivity index (χ0) is 20.6. The molecule has 29 heavy (non-hydrogen) atoms. The third-order valence-corrected chi connectivity index (χ3v) is 4.80. The molecule has 2 aromatic rings. The molecule has 0 unspecified atom stereocenters. The van der Waals surface area contributed by atoms with Crippen LogP contribution in [0.1, 0.15) is 40.7 Å². The molecule has 0 bridgehead atoms. The van der Waals surface area contributed by atoms with Gasteiger partial charge in [-0.3, -0.25) is 9.59 Å². The predicted octanol–water partition coefficient (Wildman–Crippen LogP) is 2.50. The van der Waals surface area contributed by atoms with Crippen LogP contribution in [0.15, 0.2) is 42.7 Å². The predicted molar refractivity (Wildman–Crippen MR) is 113 cm³/mol. The standard InChI is InChI=1S/C22H27N5O2/c1-26(2)22-24-15-18(16-25-22)8-11-20(28)23-14-17-6-9-19(10-7-17)21(29)27-12-4-3-5-13-27/h6-11,15-16H,3-5,12-14H2,1-2H3,(H,23,28)/b11-8+. The SMILES string of the molecule is CN(C)c1ncc(/C=C/C(=O)NCc2ccc(C(=O)N3CCCCC3)cc2)cn1. The van der Waals surface area contributed by atoms with E-state index in [1.54, 1.807) is 18.5 Å². The highest BCUT2D eigenvalue weighted by Gasteiger charge is 2.17. The summed E-state index contributed by atoms with van der Waals surface area (Å²) in [6.45, 7) is 2.08. The zero-order valence-electron chi connectivity index (χ0n) is 17.0. The van der Waals surface area contributed by atoms with Gasteiger partial charge in [0.15, 0.2) is 0 Å². The summed E-state index contributed by atoms with van der Waals surface area (Å²) in [5.74, 6) is 0.509. The molecule has 1 fully saturated rings. The Morgan fingerprint density at radius 2 is 1.72 bits per heavy atom. The fourth-order valence-corrected chi connectivity index (χ4v) is 3.11. The molecular formula is C22H27N5O2. The third kappa shape index (κ3) is 5.88. The molecular weight excluding hydrogens is 366 g/mol. The minimum atomic E-state index is -0.199. The van der Waals surface area contributed by atoms with E-state index in [1.165, 1.54) is 12.5 Å². The van der Waals surface area contributed by atoms with E-state index in [0.717, 1.165) is 37.1 Å². The highest BCUT2D eigenvalue weighted by Crippen LogP contribution is 2.14. The topological polar surface area (TPSA) is 78.4 Å². The van der Waals surface area contributed by atoms with Crippen LogP contribution in [0.5, 0.6) is 0 Å². The van der Waals surface area contributed by atoms with Crippen molar-refractivity contribution in [3.8, 4) is 0 Å². The minimum absolute atomic E-state index is 0.0886. The highest BCUT2D eigenvalue weighted by atomic mass is 16.2. The van der Waals surface area contributed by atoms with Gasteiger partial charge in [-0.05, 0) is 43.0 Å². The molecule has 1 aliphatic rings. The monoisotopic (exact) mass is 393 g/mol. The summed E-state index contributed by atoms with van der Waals surface area (Å²) >= 11 is 0. The molecule has 1 saturated heterocycles. The number of carbonyl (C=O) groups excluding carboxylic acids is 2. The van der Waals surface area contributed by atoms with Gasteiger partial charge in [-0.25, -0.2) is 9.97 Å². The number of rotatable bonds is 6. The second-order valence-electron chi connectivity index (χ2n) is 7.31. The summed E-state index contributed by atoms with van der Waals surface area (Å²) in [6.07, 6.45) is 9.84. The molecule has 1 N–H and O–H groups in total. The highest BCUT2D eigenvalue weighted by molar-refractivity contribution is 5.94. The average molecular weight is 393 g/mol. The number of aromatic nitrogens is 2. The van der Waals surface area contributed by atoms with Gasteiger partial charge in [-0.15, -0.1) is 0 Å². The summed E-state index contributed by atoms with van der Waals surface area (Å²) in [4.78, 5) is 36.7. The lowest BCUT2D eigenvalue weighted by Crippen LogP contribution is -2.35. The number of hydrogen-bond donors (Lipinski definition) is 1. The number of amides is 2. The van der Waals surface area contributed by atoms with Crippen molar-refractivity contribution >= 4 is 23.8 Å². The largest absolute Gasteiger partial charge is 0.348 e. The number of carbonyl (C=O) groups is 2. The Morgan fingerprint density at radius 3 is 2.34 bits per heavy atom. The molecule has 0 atom stereocenters. The van der Waals surface area contributed by atoms with Crippen molar-refractivity contribution in [2.45, 2.75) is 25.8 Å². The first-order valence-electron chi connectivity index (χ1n) is 9.86. The second kappa shape index (κ2) is 9.82. The Labute approximate surface area is 171 Å². The van der Waals surface area contributed by atoms with Crippen LogP contribution in [0.25, 0.3) is 6.08 Å². The first kappa shape index (κ1) is 20.5. The number of likely N-dealkylation sites (tertiary alicyclic amines) is 1. The molecule has 2 heterocycles. The molecule has 7 nitrogen and oxygen atoms in total. The van der Waals surface area contributed by atoms with Gasteiger partial charge in [0.2, 0.25) is 11.9 Å². The van der Waals surface area contributed by atoms with Gasteiger partial charge in [0.1, 0.15) is 0 Å². The van der Waals surface area contributed by atoms with E-state index in [2.05, 4.69) is 15.3 Å². The van der Waals surface area contributed by atoms with E-state index >= 15 is 0 Å². The summed E-state index contributed by atoms with van der Waals surface area (Å²) < 4.78 is 0. The van der Waals surface area contributed by atoms with E-state index in [1.807, 2.05) is 48.2 Å². The Hall–Kier alpha value is -3.22. The van der Waals surface area contributed by atoms with E-state index in [4.69, 9.17) is 0 Å². The molecule has 2 amide bonds. The normalized spacial score (nSPS) is 14.1. The van der Waals surface area contributed by atoms with Gasteiger partial charge in [0.05, 0.1) is 0 Å². The quantitative estimate of drug-likeness (QED) is 0.763. The molecule has 0 spiro atoms. The fourth-order valence-electron chi connectivity index (χ4n) is 3.11. The van der Waals surface area contributed by atoms with Gasteiger partial charge in [-0.2, -0.15) is 0 Å². The van der Waals surface area contributed by atoms with E-state index < -0.39 is 0 Å².